The number of phosphoric ester groups is 1. The molecule has 0 saturated carbocycles. The first-order valence-electron chi connectivity index (χ1n) is 19.6. The molecule has 1 fully saturated rings. The quantitative estimate of drug-likeness (QED) is 0.0162. The van der Waals surface area contributed by atoms with Gasteiger partial charge >= 0.3 is 23.5 Å². The molecule has 1 aliphatic rings. The van der Waals surface area contributed by atoms with Gasteiger partial charge in [-0.3, -0.25) is 14.1 Å². The molecule has 1 aromatic carbocycles. The average Bonchev–Trinajstić information content (AvgIpc) is 3.83. The smallest absolute Gasteiger partial charge is 0.488 e. The number of hydrogen-bond donors (Lipinski definition) is 8. The van der Waals surface area contributed by atoms with E-state index in [0.717, 1.165) is 19.3 Å². The van der Waals surface area contributed by atoms with Gasteiger partial charge in [0.2, 0.25) is 5.91 Å². The number of nitrogens with one attached hydrogen (secondary N) is 2. The third-order valence-corrected chi connectivity index (χ3v) is 12.4. The van der Waals surface area contributed by atoms with Gasteiger partial charge in [-0.2, -0.15) is 8.62 Å². The lowest BCUT2D eigenvalue weighted by Crippen LogP contribution is -2.33. The molecule has 358 valence electrons. The molecule has 3 heterocycles. The zero-order chi connectivity index (χ0) is 47.5. The molecule has 2 aromatic heterocycles. The van der Waals surface area contributed by atoms with Crippen molar-refractivity contribution in [2.45, 2.75) is 50.4 Å². The van der Waals surface area contributed by atoms with Crippen LogP contribution in [-0.2, 0) is 55.3 Å². The number of hydrogen-bond acceptors (Lipinski definition) is 18. The zero-order valence-corrected chi connectivity index (χ0v) is 37.6. The molecule has 65 heavy (non-hydrogen) atoms. The average molecular weight is 976 g/mol. The Morgan fingerprint density at radius 2 is 1.82 bits per heavy atom. The fourth-order valence-electron chi connectivity index (χ4n) is 5.82. The summed E-state index contributed by atoms with van der Waals surface area (Å²) in [7, 11) is -16.9. The topological polar surface area (TPSA) is 356 Å². The number of ether oxygens (including phenoxy) is 6. The van der Waals surface area contributed by atoms with Gasteiger partial charge in [0.1, 0.15) is 55.9 Å². The molecule has 0 aliphatic carbocycles. The highest BCUT2D eigenvalue weighted by atomic mass is 31.3. The van der Waals surface area contributed by atoms with Crippen molar-refractivity contribution in [1.82, 2.24) is 25.2 Å². The molecular weight excluding hydrogens is 923 g/mol. The second-order valence-electron chi connectivity index (χ2n) is 13.5. The van der Waals surface area contributed by atoms with E-state index in [9.17, 15) is 33.1 Å². The van der Waals surface area contributed by atoms with Gasteiger partial charge in [-0.1, -0.05) is 36.5 Å². The first-order valence-corrected chi connectivity index (χ1v) is 24.1. The normalized spacial score (nSPS) is 18.4. The van der Waals surface area contributed by atoms with Crippen LogP contribution in [0.2, 0.25) is 0 Å². The summed E-state index contributed by atoms with van der Waals surface area (Å²) in [6.45, 7) is 6.74. The van der Waals surface area contributed by atoms with Gasteiger partial charge in [-0.25, -0.2) is 23.7 Å². The highest BCUT2D eigenvalue weighted by molar-refractivity contribution is 7.66. The first-order chi connectivity index (χ1) is 30.9. The van der Waals surface area contributed by atoms with Gasteiger partial charge in [0, 0.05) is 24.7 Å². The van der Waals surface area contributed by atoms with E-state index in [4.69, 9.17) is 54.2 Å². The van der Waals surface area contributed by atoms with E-state index < -0.39 is 67.3 Å². The molecule has 0 spiro atoms. The molecule has 1 aliphatic heterocycles. The van der Waals surface area contributed by atoms with Crippen LogP contribution >= 0.6 is 23.5 Å². The van der Waals surface area contributed by atoms with Gasteiger partial charge in [0.05, 0.1) is 43.4 Å². The van der Waals surface area contributed by atoms with E-state index in [0.29, 0.717) is 35.4 Å². The van der Waals surface area contributed by atoms with Crippen LogP contribution in [0, 0.1) is 11.8 Å². The summed E-state index contributed by atoms with van der Waals surface area (Å²) >= 11 is 0. The Kier molecular flexibility index (Phi) is 21.3. The second kappa shape index (κ2) is 26.1. The molecule has 3 aromatic rings. The van der Waals surface area contributed by atoms with Gasteiger partial charge in [0.15, 0.2) is 6.29 Å². The SMILES string of the molecule is C=CCOCOC1C[C@H](n2cc(C#CCNC(=O)COC(COc3cccc(C(=O)NCCCCCN)c3)OCC=C)c3c(N)ncnc32)O[C@@H]1COP(=O)(O)OP(=O)(O)OP(=O)(O)O. The van der Waals surface area contributed by atoms with Crippen LogP contribution in [0.15, 0.2) is 62.1 Å². The van der Waals surface area contributed by atoms with Crippen LogP contribution in [0.5, 0.6) is 5.75 Å². The van der Waals surface area contributed by atoms with Crippen LogP contribution in [-0.4, -0.2) is 124 Å². The maximum Gasteiger partial charge on any atom is 0.490 e. The number of phosphoric acid groups is 3. The Morgan fingerprint density at radius 1 is 1.03 bits per heavy atom. The van der Waals surface area contributed by atoms with Gasteiger partial charge < -0.3 is 74.7 Å². The van der Waals surface area contributed by atoms with Crippen molar-refractivity contribution in [3.63, 3.8) is 0 Å². The molecule has 1 saturated heterocycles. The standard InChI is InChI=1S/C37H52N7O18P3/c1-3-16-54-25-58-29-19-32(60-30(29)21-59-64(50,51)62-65(52,53)61-63(47,48)49)44-20-27(34-35(39)42-24-43-36(34)44)11-9-15-40-31(45)22-57-33(55-17-4-2)23-56-28-12-8-10-26(18-28)37(46)41-14-7-5-6-13-38/h3-4,8,10,12,18,20,24,29-30,32-33H,1-2,5-7,13-17,19,21-23,25,38H2,(H,40,45)(H,41,46)(H,50,51)(H,52,53)(H2,39,42,43)(H2,47,48,49)/t29?,30-,32-,33?/m1/s1. The van der Waals surface area contributed by atoms with E-state index in [1.54, 1.807) is 30.5 Å². The highest BCUT2D eigenvalue weighted by Gasteiger charge is 2.44. The summed E-state index contributed by atoms with van der Waals surface area (Å²) in [5.41, 5.74) is 12.7. The molecule has 6 atom stereocenters. The van der Waals surface area contributed by atoms with Crippen molar-refractivity contribution in [3.05, 3.63) is 73.2 Å². The minimum absolute atomic E-state index is 0.0425. The maximum absolute atomic E-state index is 12.8. The molecule has 0 radical (unpaired) electrons. The lowest BCUT2D eigenvalue weighted by atomic mass is 10.2. The number of fused-ring (bicyclic) bond motifs is 1. The Hall–Kier alpha value is -4.41. The minimum Gasteiger partial charge on any atom is -0.488 e. The van der Waals surface area contributed by atoms with E-state index in [1.165, 1.54) is 23.0 Å². The third kappa shape index (κ3) is 18.4. The molecule has 4 rings (SSSR count). The Bertz CT molecular complexity index is 2280. The van der Waals surface area contributed by atoms with Crippen LogP contribution in [0.1, 0.15) is 47.8 Å². The summed E-state index contributed by atoms with van der Waals surface area (Å²) in [6.07, 6.45) is 4.36. The molecule has 2 amide bonds. The van der Waals surface area contributed by atoms with Crippen molar-refractivity contribution in [2.24, 2.45) is 5.73 Å². The Balaban J connectivity index is 1.37. The van der Waals surface area contributed by atoms with Crippen LogP contribution in [0.25, 0.3) is 11.0 Å². The number of aromatic nitrogens is 3. The van der Waals surface area contributed by atoms with E-state index >= 15 is 0 Å². The first kappa shape index (κ1) is 53.2. The number of nitrogen functional groups attached to an aromatic ring is 1. The van der Waals surface area contributed by atoms with Gasteiger partial charge in [-0.15, -0.1) is 13.2 Å². The molecular formula is C37H52N7O18P3. The molecule has 10 N–H and O–H groups in total. The predicted molar refractivity (Wildman–Crippen MR) is 229 cm³/mol. The highest BCUT2D eigenvalue weighted by Crippen LogP contribution is 2.66. The predicted octanol–water partition coefficient (Wildman–Crippen LogP) is 2.14. The van der Waals surface area contributed by atoms with E-state index in [-0.39, 0.29) is 57.0 Å². The maximum atomic E-state index is 12.8. The van der Waals surface area contributed by atoms with Gasteiger partial charge in [-0.05, 0) is 37.6 Å². The van der Waals surface area contributed by atoms with Crippen molar-refractivity contribution in [1.29, 1.82) is 0 Å². The molecule has 25 nitrogen and oxygen atoms in total. The van der Waals surface area contributed by atoms with Gasteiger partial charge in [0.25, 0.3) is 5.91 Å². The number of benzene rings is 1. The van der Waals surface area contributed by atoms with Crippen LogP contribution < -0.4 is 26.8 Å². The number of nitrogens with two attached hydrogens (primary N) is 2. The number of unbranched alkanes of at least 4 members (excludes halogenated alkanes) is 2. The van der Waals surface area contributed by atoms with Crippen molar-refractivity contribution in [3.8, 4) is 17.6 Å². The van der Waals surface area contributed by atoms with Crippen molar-refractivity contribution < 1.29 is 84.4 Å². The minimum atomic E-state index is -5.78. The second-order valence-corrected chi connectivity index (χ2v) is 17.9. The monoisotopic (exact) mass is 975 g/mol. The summed E-state index contributed by atoms with van der Waals surface area (Å²) in [5.74, 6) is 5.41. The summed E-state index contributed by atoms with van der Waals surface area (Å²) in [6, 6.07) is 6.58. The number of rotatable bonds is 29. The number of amides is 2. The summed E-state index contributed by atoms with van der Waals surface area (Å²) in [5, 5.41) is 5.81. The van der Waals surface area contributed by atoms with Crippen LogP contribution in [0.3, 0.4) is 0 Å². The lowest BCUT2D eigenvalue weighted by Gasteiger charge is -2.21. The number of carbonyl (C=O) groups is 2. The summed E-state index contributed by atoms with van der Waals surface area (Å²) in [4.78, 5) is 70.9. The Morgan fingerprint density at radius 3 is 2.55 bits per heavy atom. The van der Waals surface area contributed by atoms with E-state index in [1.807, 2.05) is 0 Å². The fraction of sp³-hybridized carbons (Fsp3) is 0.459. The van der Waals surface area contributed by atoms with Crippen LogP contribution in [0.4, 0.5) is 5.82 Å². The number of nitrogens with zero attached hydrogens (tertiary/aromatic N) is 3. The number of anilines is 1. The van der Waals surface area contributed by atoms with Crippen molar-refractivity contribution in [2.75, 3.05) is 65.2 Å². The number of carbonyl (C=O) groups excluding carboxylic acids is 2. The molecule has 28 heteroatoms. The fourth-order valence-corrected chi connectivity index (χ4v) is 8.85. The third-order valence-electron chi connectivity index (χ3n) is 8.59. The van der Waals surface area contributed by atoms with Crippen molar-refractivity contribution >= 4 is 52.1 Å². The molecule has 4 unspecified atom stereocenters. The largest absolute Gasteiger partial charge is 0.490 e. The summed E-state index contributed by atoms with van der Waals surface area (Å²) < 4.78 is 83.4. The lowest BCUT2D eigenvalue weighted by molar-refractivity contribution is -0.162. The van der Waals surface area contributed by atoms with E-state index in [2.05, 4.69) is 54.2 Å². The Labute approximate surface area is 373 Å². The zero-order valence-electron chi connectivity index (χ0n) is 34.9. The molecule has 0 bridgehead atoms.